The first kappa shape index (κ1) is 18.9. The highest BCUT2D eigenvalue weighted by Gasteiger charge is 1.85. The van der Waals surface area contributed by atoms with E-state index in [1.165, 1.54) is 10.8 Å². The Bertz CT molecular complexity index is 287. The fraction of sp³-hybridized carbons (Fsp3) is 0. The quantitative estimate of drug-likeness (QED) is 0.724. The van der Waals surface area contributed by atoms with Gasteiger partial charge in [-0.3, -0.25) is 0 Å². The van der Waals surface area contributed by atoms with E-state index >= 15 is 0 Å². The predicted octanol–water partition coefficient (Wildman–Crippen LogP) is 4.01. The summed E-state index contributed by atoms with van der Waals surface area (Å²) >= 11 is 0. The third-order valence-electron chi connectivity index (χ3n) is 1.66. The van der Waals surface area contributed by atoms with Crippen LogP contribution in [0.15, 0.2) is 48.5 Å². The molecular weight excluding hydrogens is 219 g/mol. The summed E-state index contributed by atoms with van der Waals surface area (Å²) in [5, 5.41) is 2.62. The van der Waals surface area contributed by atoms with Gasteiger partial charge in [-0.25, -0.2) is 0 Å². The first-order valence-corrected chi connectivity index (χ1v) is 3.40. The van der Waals surface area contributed by atoms with Gasteiger partial charge in [-0.1, -0.05) is 48.5 Å². The molecule has 14 heavy (non-hydrogen) atoms. The van der Waals surface area contributed by atoms with Crippen LogP contribution >= 0.6 is 24.8 Å². The molecule has 2 nitrogen and oxygen atoms in total. The normalized spacial score (nSPS) is 7.14. The molecule has 0 saturated heterocycles. The van der Waals surface area contributed by atoms with Crippen molar-refractivity contribution in [3.63, 3.8) is 0 Å². The SMILES string of the molecule is Cl.Cl.N.N.c1ccc2ccccc2c1. The summed E-state index contributed by atoms with van der Waals surface area (Å²) in [6.07, 6.45) is 0. The van der Waals surface area contributed by atoms with Crippen LogP contribution in [-0.2, 0) is 0 Å². The predicted molar refractivity (Wildman–Crippen MR) is 68.5 cm³/mol. The zero-order chi connectivity index (χ0) is 6.81. The third-order valence-corrected chi connectivity index (χ3v) is 1.66. The van der Waals surface area contributed by atoms with Crippen LogP contribution < -0.4 is 12.3 Å². The van der Waals surface area contributed by atoms with Gasteiger partial charge >= 0.3 is 0 Å². The summed E-state index contributed by atoms with van der Waals surface area (Å²) in [5.74, 6) is 0. The molecule has 6 N–H and O–H groups in total. The lowest BCUT2D eigenvalue weighted by Gasteiger charge is -1.92. The Balaban J connectivity index is -0.000000302. The average molecular weight is 235 g/mol. The second-order valence-corrected chi connectivity index (χ2v) is 2.35. The van der Waals surface area contributed by atoms with Gasteiger partial charge < -0.3 is 12.3 Å². The van der Waals surface area contributed by atoms with E-state index in [2.05, 4.69) is 48.5 Å². The van der Waals surface area contributed by atoms with Gasteiger partial charge in [0.15, 0.2) is 0 Å². The highest BCUT2D eigenvalue weighted by atomic mass is 35.5. The number of halogens is 2. The van der Waals surface area contributed by atoms with Crippen molar-refractivity contribution in [2.24, 2.45) is 0 Å². The molecule has 0 saturated carbocycles. The molecule has 0 aliphatic rings. The van der Waals surface area contributed by atoms with E-state index in [1.54, 1.807) is 0 Å². The van der Waals surface area contributed by atoms with Crippen molar-refractivity contribution in [2.45, 2.75) is 0 Å². The van der Waals surface area contributed by atoms with E-state index in [4.69, 9.17) is 0 Å². The monoisotopic (exact) mass is 234 g/mol. The molecule has 0 heterocycles. The van der Waals surface area contributed by atoms with Crippen molar-refractivity contribution in [3.8, 4) is 0 Å². The summed E-state index contributed by atoms with van der Waals surface area (Å²) in [7, 11) is 0. The van der Waals surface area contributed by atoms with Crippen molar-refractivity contribution in [1.82, 2.24) is 12.3 Å². The number of hydrogen-bond donors (Lipinski definition) is 2. The Kier molecular flexibility index (Phi) is 11.8. The summed E-state index contributed by atoms with van der Waals surface area (Å²) < 4.78 is 0. The average Bonchev–Trinajstić information content (AvgIpc) is 2.05. The summed E-state index contributed by atoms with van der Waals surface area (Å²) in [5.41, 5.74) is 0. The maximum Gasteiger partial charge on any atom is -0.0184 e. The van der Waals surface area contributed by atoms with E-state index in [9.17, 15) is 0 Å². The minimum absolute atomic E-state index is 0. The van der Waals surface area contributed by atoms with Crippen LogP contribution in [0.4, 0.5) is 0 Å². The summed E-state index contributed by atoms with van der Waals surface area (Å²) in [4.78, 5) is 0. The van der Waals surface area contributed by atoms with Gasteiger partial charge in [0.25, 0.3) is 0 Å². The number of fused-ring (bicyclic) bond motifs is 1. The molecule has 2 aromatic rings. The lowest BCUT2D eigenvalue weighted by molar-refractivity contribution is 1.75. The molecule has 2 aromatic carbocycles. The smallest absolute Gasteiger partial charge is 0.0184 e. The van der Waals surface area contributed by atoms with Crippen LogP contribution in [0.1, 0.15) is 0 Å². The molecule has 0 fully saturated rings. The van der Waals surface area contributed by atoms with Gasteiger partial charge in [-0.05, 0) is 10.8 Å². The summed E-state index contributed by atoms with van der Waals surface area (Å²) in [6, 6.07) is 16.7. The van der Waals surface area contributed by atoms with Gasteiger partial charge in [-0.15, -0.1) is 24.8 Å². The van der Waals surface area contributed by atoms with Crippen LogP contribution in [0.3, 0.4) is 0 Å². The second-order valence-electron chi connectivity index (χ2n) is 2.35. The first-order chi connectivity index (χ1) is 4.97. The van der Waals surface area contributed by atoms with Gasteiger partial charge in [-0.2, -0.15) is 0 Å². The van der Waals surface area contributed by atoms with Crippen LogP contribution in [0.2, 0.25) is 0 Å². The Morgan fingerprint density at radius 3 is 0.929 bits per heavy atom. The van der Waals surface area contributed by atoms with Crippen molar-refractivity contribution in [2.75, 3.05) is 0 Å². The molecule has 2 rings (SSSR count). The highest BCUT2D eigenvalue weighted by Crippen LogP contribution is 2.11. The first-order valence-electron chi connectivity index (χ1n) is 3.40. The van der Waals surface area contributed by atoms with E-state index < -0.39 is 0 Å². The molecule has 0 atom stereocenters. The molecule has 0 aromatic heterocycles. The Morgan fingerprint density at radius 1 is 0.500 bits per heavy atom. The molecule has 80 valence electrons. The molecule has 4 heteroatoms. The third kappa shape index (κ3) is 3.94. The lowest BCUT2D eigenvalue weighted by Crippen LogP contribution is -1.67. The number of benzene rings is 2. The zero-order valence-electron chi connectivity index (χ0n) is 7.85. The van der Waals surface area contributed by atoms with Gasteiger partial charge in [0, 0.05) is 0 Å². The van der Waals surface area contributed by atoms with E-state index in [-0.39, 0.29) is 37.1 Å². The Labute approximate surface area is 96.7 Å². The van der Waals surface area contributed by atoms with Crippen LogP contribution in [0.5, 0.6) is 0 Å². The zero-order valence-corrected chi connectivity index (χ0v) is 9.48. The van der Waals surface area contributed by atoms with E-state index in [1.807, 2.05) is 0 Å². The number of hydrogen-bond acceptors (Lipinski definition) is 2. The van der Waals surface area contributed by atoms with Crippen molar-refractivity contribution in [1.29, 1.82) is 0 Å². The minimum atomic E-state index is 0. The molecule has 0 spiro atoms. The molecule has 0 radical (unpaired) electrons. The van der Waals surface area contributed by atoms with E-state index in [0.29, 0.717) is 0 Å². The fourth-order valence-electron chi connectivity index (χ4n) is 1.13. The lowest BCUT2D eigenvalue weighted by atomic mass is 10.1. The molecule has 0 bridgehead atoms. The van der Waals surface area contributed by atoms with Crippen LogP contribution in [-0.4, -0.2) is 0 Å². The maximum atomic E-state index is 2.12. The fourth-order valence-corrected chi connectivity index (χ4v) is 1.13. The highest BCUT2D eigenvalue weighted by molar-refractivity contribution is 5.85. The van der Waals surface area contributed by atoms with E-state index in [0.717, 1.165) is 0 Å². The molecule has 0 aliphatic heterocycles. The Morgan fingerprint density at radius 2 is 0.714 bits per heavy atom. The molecular formula is C10H16Cl2N2. The Hall–Kier alpha value is -0.800. The number of rotatable bonds is 0. The molecule has 0 aliphatic carbocycles. The molecule has 0 amide bonds. The van der Waals surface area contributed by atoms with Gasteiger partial charge in [0.05, 0.1) is 0 Å². The van der Waals surface area contributed by atoms with Crippen molar-refractivity contribution >= 4 is 35.6 Å². The molecule has 0 unspecified atom stereocenters. The maximum absolute atomic E-state index is 2.12. The van der Waals surface area contributed by atoms with Crippen molar-refractivity contribution in [3.05, 3.63) is 48.5 Å². The minimum Gasteiger partial charge on any atom is -0.344 e. The van der Waals surface area contributed by atoms with Gasteiger partial charge in [0.1, 0.15) is 0 Å². The second kappa shape index (κ2) is 8.78. The van der Waals surface area contributed by atoms with Crippen molar-refractivity contribution < 1.29 is 0 Å². The van der Waals surface area contributed by atoms with Crippen LogP contribution in [0.25, 0.3) is 10.8 Å². The van der Waals surface area contributed by atoms with Crippen LogP contribution in [0, 0.1) is 0 Å². The largest absolute Gasteiger partial charge is 0.344 e. The van der Waals surface area contributed by atoms with Gasteiger partial charge in [0.2, 0.25) is 0 Å². The summed E-state index contributed by atoms with van der Waals surface area (Å²) in [6.45, 7) is 0. The topological polar surface area (TPSA) is 70.0 Å². The standard InChI is InChI=1S/C10H8.2ClH.2H3N/c1-2-6-10-8-4-3-7-9(10)5-1;;;;/h1-8H;2*1H;2*1H3.